The molecule has 25 heavy (non-hydrogen) atoms. The number of ether oxygens (including phenoxy) is 1. The summed E-state index contributed by atoms with van der Waals surface area (Å²) in [6.45, 7) is 1.21. The van der Waals surface area contributed by atoms with Gasteiger partial charge in [-0.2, -0.15) is 0 Å². The number of benzene rings is 1. The third-order valence-corrected chi connectivity index (χ3v) is 4.40. The lowest BCUT2D eigenvalue weighted by atomic mass is 10.2. The Morgan fingerprint density at radius 3 is 2.96 bits per heavy atom. The molecule has 1 aromatic carbocycles. The van der Waals surface area contributed by atoms with Crippen molar-refractivity contribution in [1.29, 1.82) is 0 Å². The van der Waals surface area contributed by atoms with E-state index in [4.69, 9.17) is 4.74 Å². The van der Waals surface area contributed by atoms with Crippen molar-refractivity contribution < 1.29 is 13.5 Å². The Morgan fingerprint density at radius 2 is 2.12 bits per heavy atom. The van der Waals surface area contributed by atoms with Gasteiger partial charge in [-0.1, -0.05) is 12.1 Å². The van der Waals surface area contributed by atoms with E-state index in [2.05, 4.69) is 15.0 Å². The van der Waals surface area contributed by atoms with Gasteiger partial charge < -0.3 is 9.72 Å². The number of alkyl halides is 1. The number of aromatic amines is 1. The number of para-hydroxylation sites is 2. The lowest BCUT2D eigenvalue weighted by Crippen LogP contribution is -2.24. The molecule has 0 radical (unpaired) electrons. The predicted octanol–water partition coefficient (Wildman–Crippen LogP) is 2.84. The zero-order valence-corrected chi connectivity index (χ0v) is 13.5. The van der Waals surface area contributed by atoms with Crippen molar-refractivity contribution in [2.24, 2.45) is 0 Å². The highest BCUT2D eigenvalue weighted by Gasteiger charge is 2.34. The third kappa shape index (κ3) is 3.52. The van der Waals surface area contributed by atoms with Gasteiger partial charge in [0, 0.05) is 31.4 Å². The number of imidazole rings is 1. The van der Waals surface area contributed by atoms with Crippen molar-refractivity contribution in [1.82, 2.24) is 19.9 Å². The fourth-order valence-corrected chi connectivity index (χ4v) is 3.13. The molecule has 2 atom stereocenters. The molecule has 7 heteroatoms. The Kier molecular flexibility index (Phi) is 4.42. The van der Waals surface area contributed by atoms with E-state index in [0.717, 1.165) is 11.0 Å². The highest BCUT2D eigenvalue weighted by atomic mass is 19.1. The van der Waals surface area contributed by atoms with Crippen molar-refractivity contribution in [3.8, 4) is 0 Å². The third-order valence-electron chi connectivity index (χ3n) is 4.40. The molecule has 0 saturated carbocycles. The first-order valence-electron chi connectivity index (χ1n) is 8.19. The number of nitrogens with one attached hydrogen (secondary N) is 1. The van der Waals surface area contributed by atoms with Crippen LogP contribution in [0.4, 0.5) is 8.78 Å². The molecule has 2 unspecified atom stereocenters. The molecular weight excluding hydrogens is 326 g/mol. The summed E-state index contributed by atoms with van der Waals surface area (Å²) < 4.78 is 33.6. The van der Waals surface area contributed by atoms with Gasteiger partial charge >= 0.3 is 0 Å². The van der Waals surface area contributed by atoms with Crippen LogP contribution < -0.4 is 0 Å². The SMILES string of the molecule is Fc1cnccc1CN1CC(F)C(OCc2nc3ccccc3[nH]2)C1. The molecule has 0 amide bonds. The zero-order valence-electron chi connectivity index (χ0n) is 13.5. The van der Waals surface area contributed by atoms with Gasteiger partial charge in [-0.15, -0.1) is 0 Å². The van der Waals surface area contributed by atoms with Crippen molar-refractivity contribution in [3.63, 3.8) is 0 Å². The second kappa shape index (κ2) is 6.85. The Balaban J connectivity index is 1.36. The summed E-state index contributed by atoms with van der Waals surface area (Å²) in [5, 5.41) is 0. The fraction of sp³-hybridized carbons (Fsp3) is 0.333. The molecule has 1 aliphatic rings. The quantitative estimate of drug-likeness (QED) is 0.773. The molecular formula is C18H18F2N4O. The first kappa shape index (κ1) is 16.1. The van der Waals surface area contributed by atoms with E-state index in [1.54, 1.807) is 6.07 Å². The van der Waals surface area contributed by atoms with Crippen LogP contribution in [0.25, 0.3) is 11.0 Å². The summed E-state index contributed by atoms with van der Waals surface area (Å²) in [6, 6.07) is 9.30. The Labute approximate surface area is 143 Å². The van der Waals surface area contributed by atoms with E-state index in [1.165, 1.54) is 12.4 Å². The molecule has 0 bridgehead atoms. The summed E-state index contributed by atoms with van der Waals surface area (Å²) in [4.78, 5) is 13.2. The number of nitrogens with zero attached hydrogens (tertiary/aromatic N) is 3. The van der Waals surface area contributed by atoms with Crippen LogP contribution in [0, 0.1) is 5.82 Å². The van der Waals surface area contributed by atoms with E-state index < -0.39 is 12.3 Å². The van der Waals surface area contributed by atoms with Gasteiger partial charge in [-0.25, -0.2) is 13.8 Å². The van der Waals surface area contributed by atoms with Crippen LogP contribution in [-0.2, 0) is 17.9 Å². The lowest BCUT2D eigenvalue weighted by Gasteiger charge is -2.15. The minimum Gasteiger partial charge on any atom is -0.366 e. The van der Waals surface area contributed by atoms with Crippen LogP contribution in [-0.4, -0.2) is 45.2 Å². The molecule has 3 aromatic rings. The van der Waals surface area contributed by atoms with Crippen molar-refractivity contribution in [3.05, 3.63) is 59.9 Å². The summed E-state index contributed by atoms with van der Waals surface area (Å²) in [6.07, 6.45) is 1.07. The number of aromatic nitrogens is 3. The highest BCUT2D eigenvalue weighted by molar-refractivity contribution is 5.74. The number of H-pyrrole nitrogens is 1. The summed E-state index contributed by atoms with van der Waals surface area (Å²) in [7, 11) is 0. The highest BCUT2D eigenvalue weighted by Crippen LogP contribution is 2.21. The molecule has 1 aliphatic heterocycles. The van der Waals surface area contributed by atoms with Gasteiger partial charge in [-0.3, -0.25) is 9.88 Å². The Bertz CT molecular complexity index is 836. The van der Waals surface area contributed by atoms with Gasteiger partial charge in [0.15, 0.2) is 0 Å². The molecule has 5 nitrogen and oxygen atoms in total. The monoisotopic (exact) mass is 344 g/mol. The number of rotatable bonds is 5. The second-order valence-electron chi connectivity index (χ2n) is 6.23. The minimum atomic E-state index is -1.10. The summed E-state index contributed by atoms with van der Waals surface area (Å²) >= 11 is 0. The fourth-order valence-electron chi connectivity index (χ4n) is 3.13. The predicted molar refractivity (Wildman–Crippen MR) is 89.0 cm³/mol. The number of halogens is 2. The first-order valence-corrected chi connectivity index (χ1v) is 8.19. The van der Waals surface area contributed by atoms with Gasteiger partial charge in [0.1, 0.15) is 30.5 Å². The van der Waals surface area contributed by atoms with Gasteiger partial charge in [0.25, 0.3) is 0 Å². The lowest BCUT2D eigenvalue weighted by molar-refractivity contribution is 0.00862. The summed E-state index contributed by atoms with van der Waals surface area (Å²) in [5.41, 5.74) is 2.30. The second-order valence-corrected chi connectivity index (χ2v) is 6.23. The maximum absolute atomic E-state index is 14.2. The van der Waals surface area contributed by atoms with Crippen LogP contribution in [0.1, 0.15) is 11.4 Å². The maximum Gasteiger partial charge on any atom is 0.145 e. The standard InChI is InChI=1S/C18H18F2N4O/c19-13-7-21-6-5-12(13)8-24-9-14(20)17(10-24)25-11-18-22-15-3-1-2-4-16(15)23-18/h1-7,14,17H,8-11H2,(H,22,23). The molecule has 130 valence electrons. The minimum absolute atomic E-state index is 0.219. The first-order chi connectivity index (χ1) is 12.2. The van der Waals surface area contributed by atoms with Gasteiger partial charge in [0.2, 0.25) is 0 Å². The number of fused-ring (bicyclic) bond motifs is 1. The van der Waals surface area contributed by atoms with E-state index in [9.17, 15) is 8.78 Å². The number of hydrogen-bond donors (Lipinski definition) is 1. The molecule has 0 aliphatic carbocycles. The molecule has 1 saturated heterocycles. The van der Waals surface area contributed by atoms with Crippen LogP contribution in [0.5, 0.6) is 0 Å². The molecule has 4 rings (SSSR count). The topological polar surface area (TPSA) is 54.0 Å². The number of likely N-dealkylation sites (tertiary alicyclic amines) is 1. The summed E-state index contributed by atoms with van der Waals surface area (Å²) in [5.74, 6) is 0.302. The van der Waals surface area contributed by atoms with E-state index in [-0.39, 0.29) is 19.0 Å². The van der Waals surface area contributed by atoms with Crippen molar-refractivity contribution in [2.75, 3.05) is 13.1 Å². The zero-order chi connectivity index (χ0) is 17.2. The number of pyridine rings is 1. The van der Waals surface area contributed by atoms with Crippen molar-refractivity contribution in [2.45, 2.75) is 25.4 Å². The smallest absolute Gasteiger partial charge is 0.145 e. The van der Waals surface area contributed by atoms with Crippen LogP contribution in [0.3, 0.4) is 0 Å². The van der Waals surface area contributed by atoms with Crippen LogP contribution in [0.15, 0.2) is 42.7 Å². The van der Waals surface area contributed by atoms with Gasteiger partial charge in [0.05, 0.1) is 17.2 Å². The normalized spacial score (nSPS) is 21.2. The largest absolute Gasteiger partial charge is 0.366 e. The van der Waals surface area contributed by atoms with E-state index >= 15 is 0 Å². The average molecular weight is 344 g/mol. The molecule has 1 fully saturated rings. The van der Waals surface area contributed by atoms with Crippen molar-refractivity contribution >= 4 is 11.0 Å². The van der Waals surface area contributed by atoms with Gasteiger partial charge in [-0.05, 0) is 18.2 Å². The number of hydrogen-bond acceptors (Lipinski definition) is 4. The molecule has 2 aromatic heterocycles. The maximum atomic E-state index is 14.2. The van der Waals surface area contributed by atoms with E-state index in [0.29, 0.717) is 24.5 Å². The average Bonchev–Trinajstić information content (AvgIpc) is 3.18. The Morgan fingerprint density at radius 1 is 1.24 bits per heavy atom. The Hall–Kier alpha value is -2.38. The molecule has 0 spiro atoms. The van der Waals surface area contributed by atoms with E-state index in [1.807, 2.05) is 29.2 Å². The van der Waals surface area contributed by atoms with Crippen LogP contribution in [0.2, 0.25) is 0 Å². The molecule has 3 heterocycles. The molecule has 1 N–H and O–H groups in total. The van der Waals surface area contributed by atoms with Crippen LogP contribution >= 0.6 is 0 Å².